The second kappa shape index (κ2) is 7.43. The van der Waals surface area contributed by atoms with E-state index in [0.29, 0.717) is 0 Å². The number of aryl methyl sites for hydroxylation is 1. The molecule has 2 aromatic rings. The fourth-order valence-corrected chi connectivity index (χ4v) is 3.07. The van der Waals surface area contributed by atoms with Gasteiger partial charge in [0.25, 0.3) is 0 Å². The molecule has 21 heavy (non-hydrogen) atoms. The summed E-state index contributed by atoms with van der Waals surface area (Å²) in [7, 11) is 3.34. The highest BCUT2D eigenvalue weighted by Crippen LogP contribution is 2.32. The van der Waals surface area contributed by atoms with Gasteiger partial charge in [0.15, 0.2) is 0 Å². The van der Waals surface area contributed by atoms with Gasteiger partial charge in [-0.3, -0.25) is 0 Å². The van der Waals surface area contributed by atoms with E-state index in [1.165, 1.54) is 4.88 Å². The van der Waals surface area contributed by atoms with Crippen LogP contribution in [0.15, 0.2) is 24.4 Å². The Bertz CT molecular complexity index is 561. The number of methoxy groups -OCH3 is 2. The molecule has 0 aliphatic rings. The highest BCUT2D eigenvalue weighted by atomic mass is 32.1. The van der Waals surface area contributed by atoms with Gasteiger partial charge in [0, 0.05) is 17.1 Å². The van der Waals surface area contributed by atoms with E-state index >= 15 is 0 Å². The first-order valence-electron chi connectivity index (χ1n) is 7.06. The summed E-state index contributed by atoms with van der Waals surface area (Å²) < 4.78 is 10.7. The van der Waals surface area contributed by atoms with Crippen LogP contribution in [-0.4, -0.2) is 25.7 Å². The van der Waals surface area contributed by atoms with Gasteiger partial charge in [0.05, 0.1) is 25.3 Å². The van der Waals surface area contributed by atoms with Crippen LogP contribution in [0.4, 0.5) is 0 Å². The zero-order valence-electron chi connectivity index (χ0n) is 13.0. The lowest BCUT2D eigenvalue weighted by Gasteiger charge is -2.19. The van der Waals surface area contributed by atoms with Crippen molar-refractivity contribution in [3.8, 4) is 11.5 Å². The summed E-state index contributed by atoms with van der Waals surface area (Å²) in [6.07, 6.45) is 3.02. The Kier molecular flexibility index (Phi) is 5.59. The van der Waals surface area contributed by atoms with Gasteiger partial charge in [-0.2, -0.15) is 0 Å². The molecular weight excluding hydrogens is 284 g/mol. The maximum Gasteiger partial charge on any atom is 0.122 e. The lowest BCUT2D eigenvalue weighted by Crippen LogP contribution is -2.22. The summed E-state index contributed by atoms with van der Waals surface area (Å²) in [6, 6.07) is 6.09. The van der Waals surface area contributed by atoms with Crippen molar-refractivity contribution in [3.63, 3.8) is 0 Å². The maximum absolute atomic E-state index is 5.37. The van der Waals surface area contributed by atoms with Gasteiger partial charge >= 0.3 is 0 Å². The number of thiazole rings is 1. The van der Waals surface area contributed by atoms with E-state index in [2.05, 4.69) is 17.2 Å². The predicted molar refractivity (Wildman–Crippen MR) is 86.5 cm³/mol. The van der Waals surface area contributed by atoms with E-state index in [4.69, 9.17) is 9.47 Å². The monoisotopic (exact) mass is 306 g/mol. The third-order valence-corrected chi connectivity index (χ3v) is 4.21. The number of hydrogen-bond donors (Lipinski definition) is 1. The molecule has 0 radical (unpaired) electrons. The van der Waals surface area contributed by atoms with Crippen molar-refractivity contribution < 1.29 is 9.47 Å². The molecule has 114 valence electrons. The molecule has 0 amide bonds. The van der Waals surface area contributed by atoms with Crippen molar-refractivity contribution in [1.82, 2.24) is 10.3 Å². The number of benzene rings is 1. The van der Waals surface area contributed by atoms with Crippen LogP contribution >= 0.6 is 11.3 Å². The molecule has 5 heteroatoms. The Morgan fingerprint density at radius 3 is 2.33 bits per heavy atom. The number of aromatic nitrogens is 1. The molecule has 4 nitrogen and oxygen atoms in total. The lowest BCUT2D eigenvalue weighted by molar-refractivity contribution is 0.392. The Morgan fingerprint density at radius 1 is 1.19 bits per heavy atom. The van der Waals surface area contributed by atoms with Crippen LogP contribution in [0.2, 0.25) is 0 Å². The van der Waals surface area contributed by atoms with Crippen molar-refractivity contribution in [1.29, 1.82) is 0 Å². The quantitative estimate of drug-likeness (QED) is 0.849. The lowest BCUT2D eigenvalue weighted by atomic mass is 10.0. The van der Waals surface area contributed by atoms with Crippen molar-refractivity contribution in [2.24, 2.45) is 0 Å². The highest BCUT2D eigenvalue weighted by molar-refractivity contribution is 7.11. The smallest absolute Gasteiger partial charge is 0.122 e. The minimum atomic E-state index is 0.111. The number of rotatable bonds is 7. The molecule has 1 N–H and O–H groups in total. The van der Waals surface area contributed by atoms with Crippen LogP contribution in [0.25, 0.3) is 0 Å². The van der Waals surface area contributed by atoms with E-state index in [1.54, 1.807) is 25.6 Å². The van der Waals surface area contributed by atoms with Crippen molar-refractivity contribution in [3.05, 3.63) is 39.8 Å². The molecule has 1 heterocycles. The van der Waals surface area contributed by atoms with Gasteiger partial charge in [-0.1, -0.05) is 6.92 Å². The standard InChI is InChI=1S/C16H22N2O2S/c1-5-6-17-16(15-10-18-11(2)21-15)12-7-13(19-3)9-14(8-12)20-4/h7-10,16-17H,5-6H2,1-4H3. The molecule has 0 saturated carbocycles. The fourth-order valence-electron chi connectivity index (χ4n) is 2.18. The molecule has 0 aliphatic heterocycles. The third kappa shape index (κ3) is 3.95. The predicted octanol–water partition coefficient (Wildman–Crippen LogP) is 3.56. The molecule has 0 saturated heterocycles. The zero-order chi connectivity index (χ0) is 15.2. The number of ether oxygens (including phenoxy) is 2. The van der Waals surface area contributed by atoms with E-state index < -0.39 is 0 Å². The van der Waals surface area contributed by atoms with E-state index in [0.717, 1.165) is 35.0 Å². The Hall–Kier alpha value is -1.59. The van der Waals surface area contributed by atoms with E-state index in [-0.39, 0.29) is 6.04 Å². The summed E-state index contributed by atoms with van der Waals surface area (Å²) in [5, 5.41) is 4.65. The van der Waals surface area contributed by atoms with Gasteiger partial charge in [-0.25, -0.2) is 4.98 Å². The second-order valence-electron chi connectivity index (χ2n) is 4.81. The second-order valence-corrected chi connectivity index (χ2v) is 6.08. The van der Waals surface area contributed by atoms with Crippen LogP contribution in [0, 0.1) is 6.92 Å². The Morgan fingerprint density at radius 2 is 1.86 bits per heavy atom. The number of nitrogens with one attached hydrogen (secondary N) is 1. The minimum absolute atomic E-state index is 0.111. The van der Waals surface area contributed by atoms with Crippen LogP contribution < -0.4 is 14.8 Å². The first-order valence-corrected chi connectivity index (χ1v) is 7.88. The SMILES string of the molecule is CCCNC(c1cc(OC)cc(OC)c1)c1cnc(C)s1. The Labute approximate surface area is 130 Å². The topological polar surface area (TPSA) is 43.4 Å². The molecule has 1 atom stereocenters. The first kappa shape index (κ1) is 15.8. The summed E-state index contributed by atoms with van der Waals surface area (Å²) in [5.41, 5.74) is 1.13. The van der Waals surface area contributed by atoms with Crippen LogP contribution in [0.1, 0.15) is 34.8 Å². The molecule has 1 unspecified atom stereocenters. The maximum atomic E-state index is 5.37. The normalized spacial score (nSPS) is 12.2. The van der Waals surface area contributed by atoms with Gasteiger partial charge < -0.3 is 14.8 Å². The van der Waals surface area contributed by atoms with Gasteiger partial charge in [-0.15, -0.1) is 11.3 Å². The van der Waals surface area contributed by atoms with Crippen LogP contribution in [0.3, 0.4) is 0 Å². The zero-order valence-corrected chi connectivity index (χ0v) is 13.8. The minimum Gasteiger partial charge on any atom is -0.497 e. The molecule has 0 aliphatic carbocycles. The van der Waals surface area contributed by atoms with Gasteiger partial charge in [0.1, 0.15) is 11.5 Å². The summed E-state index contributed by atoms with van der Waals surface area (Å²) in [6.45, 7) is 5.13. The molecule has 0 spiro atoms. The average Bonchev–Trinajstić information content (AvgIpc) is 2.93. The summed E-state index contributed by atoms with van der Waals surface area (Å²) in [4.78, 5) is 5.58. The number of nitrogens with zero attached hydrogens (tertiary/aromatic N) is 1. The largest absolute Gasteiger partial charge is 0.497 e. The molecule has 2 rings (SSSR count). The molecule has 1 aromatic heterocycles. The summed E-state index contributed by atoms with van der Waals surface area (Å²) >= 11 is 1.71. The molecular formula is C16H22N2O2S. The van der Waals surface area contributed by atoms with Gasteiger partial charge in [-0.05, 0) is 37.6 Å². The van der Waals surface area contributed by atoms with Crippen molar-refractivity contribution in [2.75, 3.05) is 20.8 Å². The van der Waals surface area contributed by atoms with E-state index in [1.807, 2.05) is 31.3 Å². The van der Waals surface area contributed by atoms with Gasteiger partial charge in [0.2, 0.25) is 0 Å². The Balaban J connectivity index is 2.40. The third-order valence-electron chi connectivity index (χ3n) is 3.23. The summed E-state index contributed by atoms with van der Waals surface area (Å²) in [5.74, 6) is 1.60. The molecule has 0 fully saturated rings. The van der Waals surface area contributed by atoms with E-state index in [9.17, 15) is 0 Å². The van der Waals surface area contributed by atoms with Crippen LogP contribution in [-0.2, 0) is 0 Å². The number of hydrogen-bond acceptors (Lipinski definition) is 5. The molecule has 0 bridgehead atoms. The van der Waals surface area contributed by atoms with Crippen molar-refractivity contribution >= 4 is 11.3 Å². The average molecular weight is 306 g/mol. The first-order chi connectivity index (χ1) is 10.2. The molecule has 1 aromatic carbocycles. The fraction of sp³-hybridized carbons (Fsp3) is 0.438. The highest BCUT2D eigenvalue weighted by Gasteiger charge is 2.17. The van der Waals surface area contributed by atoms with Crippen LogP contribution in [0.5, 0.6) is 11.5 Å². The van der Waals surface area contributed by atoms with Crippen molar-refractivity contribution in [2.45, 2.75) is 26.3 Å².